The van der Waals surface area contributed by atoms with Crippen LogP contribution < -0.4 is 0 Å². The molecule has 0 unspecified atom stereocenters. The molecule has 0 aromatic heterocycles. The number of rotatable bonds is 2. The number of amides is 1. The van der Waals surface area contributed by atoms with Gasteiger partial charge in [-0.15, -0.1) is 0 Å². The molecule has 0 saturated carbocycles. The first-order chi connectivity index (χ1) is 8.99. The van der Waals surface area contributed by atoms with Gasteiger partial charge in [0.25, 0.3) is 5.91 Å². The lowest BCUT2D eigenvalue weighted by molar-refractivity contribution is -0.143. The Balaban J connectivity index is 2.14. The molecular formula is C13H13BrClNO3. The third kappa shape index (κ3) is 3.28. The normalized spacial score (nSPS) is 19.3. The van der Waals surface area contributed by atoms with E-state index in [-0.39, 0.29) is 12.5 Å². The van der Waals surface area contributed by atoms with Gasteiger partial charge in [-0.1, -0.05) is 11.6 Å². The summed E-state index contributed by atoms with van der Waals surface area (Å²) in [4.78, 5) is 24.9. The Kier molecular flexibility index (Phi) is 4.47. The van der Waals surface area contributed by atoms with Crippen molar-refractivity contribution in [3.63, 3.8) is 0 Å². The zero-order valence-corrected chi connectivity index (χ0v) is 12.4. The standard InChI is InChI=1S/C13H13BrClNO3/c14-10-6-8(3-4-11(10)15)12(17)16-5-1-2-9(7-16)13(18)19/h3-4,6,9H,1-2,5,7H2,(H,18,19)/t9-/m0/s1. The molecule has 1 aliphatic heterocycles. The summed E-state index contributed by atoms with van der Waals surface area (Å²) in [5.41, 5.74) is 0.516. The van der Waals surface area contributed by atoms with E-state index in [1.165, 1.54) is 0 Å². The van der Waals surface area contributed by atoms with Crippen LogP contribution in [0, 0.1) is 5.92 Å². The largest absolute Gasteiger partial charge is 0.481 e. The van der Waals surface area contributed by atoms with Gasteiger partial charge in [-0.2, -0.15) is 0 Å². The van der Waals surface area contributed by atoms with Gasteiger partial charge in [-0.05, 0) is 47.0 Å². The van der Waals surface area contributed by atoms with Gasteiger partial charge in [-0.3, -0.25) is 9.59 Å². The highest BCUT2D eigenvalue weighted by atomic mass is 79.9. The molecule has 0 bridgehead atoms. The quantitative estimate of drug-likeness (QED) is 0.895. The number of halogens is 2. The Labute approximate surface area is 124 Å². The molecule has 1 fully saturated rings. The molecule has 1 N–H and O–H groups in total. The van der Waals surface area contributed by atoms with Crippen molar-refractivity contribution < 1.29 is 14.7 Å². The van der Waals surface area contributed by atoms with Gasteiger partial charge in [0.1, 0.15) is 0 Å². The van der Waals surface area contributed by atoms with Crippen molar-refractivity contribution >= 4 is 39.4 Å². The van der Waals surface area contributed by atoms with Crippen LogP contribution in [-0.2, 0) is 4.79 Å². The number of nitrogens with zero attached hydrogens (tertiary/aromatic N) is 1. The highest BCUT2D eigenvalue weighted by Crippen LogP contribution is 2.25. The van der Waals surface area contributed by atoms with Gasteiger partial charge in [0.05, 0.1) is 10.9 Å². The molecule has 0 spiro atoms. The summed E-state index contributed by atoms with van der Waals surface area (Å²) in [6.07, 6.45) is 1.35. The monoisotopic (exact) mass is 345 g/mol. The Morgan fingerprint density at radius 3 is 2.79 bits per heavy atom. The Morgan fingerprint density at radius 2 is 2.16 bits per heavy atom. The van der Waals surface area contributed by atoms with Crippen molar-refractivity contribution in [1.29, 1.82) is 0 Å². The Morgan fingerprint density at radius 1 is 1.42 bits per heavy atom. The molecule has 1 aliphatic rings. The van der Waals surface area contributed by atoms with E-state index in [2.05, 4.69) is 15.9 Å². The van der Waals surface area contributed by atoms with Crippen LogP contribution in [0.4, 0.5) is 0 Å². The van der Waals surface area contributed by atoms with Crippen LogP contribution >= 0.6 is 27.5 Å². The SMILES string of the molecule is O=C(O)[C@H]1CCCN(C(=O)c2ccc(Cl)c(Br)c2)C1. The average molecular weight is 347 g/mol. The van der Waals surface area contributed by atoms with Gasteiger partial charge in [0, 0.05) is 23.1 Å². The summed E-state index contributed by atoms with van der Waals surface area (Å²) in [6, 6.07) is 4.96. The van der Waals surface area contributed by atoms with Crippen LogP contribution in [0.5, 0.6) is 0 Å². The van der Waals surface area contributed by atoms with E-state index < -0.39 is 11.9 Å². The highest BCUT2D eigenvalue weighted by Gasteiger charge is 2.28. The number of likely N-dealkylation sites (tertiary alicyclic amines) is 1. The minimum Gasteiger partial charge on any atom is -0.481 e. The molecule has 1 heterocycles. The van der Waals surface area contributed by atoms with Crippen LogP contribution in [0.25, 0.3) is 0 Å². The van der Waals surface area contributed by atoms with Crippen LogP contribution in [0.3, 0.4) is 0 Å². The average Bonchev–Trinajstić information content (AvgIpc) is 2.41. The molecule has 0 aliphatic carbocycles. The zero-order valence-electron chi connectivity index (χ0n) is 10.1. The molecule has 1 aromatic rings. The number of carboxylic acids is 1. The second-order valence-electron chi connectivity index (χ2n) is 4.56. The van der Waals surface area contributed by atoms with Gasteiger partial charge in [-0.25, -0.2) is 0 Å². The molecule has 6 heteroatoms. The number of piperidine rings is 1. The number of hydrogen-bond donors (Lipinski definition) is 1. The molecule has 102 valence electrons. The third-order valence-corrected chi connectivity index (χ3v) is 4.44. The first kappa shape index (κ1) is 14.3. The van der Waals surface area contributed by atoms with Crippen molar-refractivity contribution in [3.8, 4) is 0 Å². The maximum Gasteiger partial charge on any atom is 0.308 e. The van der Waals surface area contributed by atoms with E-state index in [9.17, 15) is 9.59 Å². The summed E-state index contributed by atoms with van der Waals surface area (Å²) >= 11 is 9.16. The number of carboxylic acid groups (broad SMARTS) is 1. The van der Waals surface area contributed by atoms with E-state index >= 15 is 0 Å². The molecule has 1 atom stereocenters. The minimum absolute atomic E-state index is 0.150. The van der Waals surface area contributed by atoms with Gasteiger partial charge < -0.3 is 10.0 Å². The predicted octanol–water partition coefficient (Wildman–Crippen LogP) is 3.04. The van der Waals surface area contributed by atoms with Crippen LogP contribution in [0.2, 0.25) is 5.02 Å². The summed E-state index contributed by atoms with van der Waals surface area (Å²) in [6.45, 7) is 0.872. The summed E-state index contributed by atoms with van der Waals surface area (Å²) in [5.74, 6) is -1.45. The van der Waals surface area contributed by atoms with E-state index in [0.29, 0.717) is 28.0 Å². The van der Waals surface area contributed by atoms with E-state index in [4.69, 9.17) is 16.7 Å². The van der Waals surface area contributed by atoms with Crippen molar-refractivity contribution in [2.45, 2.75) is 12.8 Å². The van der Waals surface area contributed by atoms with Gasteiger partial charge in [0.15, 0.2) is 0 Å². The van der Waals surface area contributed by atoms with Gasteiger partial charge in [0.2, 0.25) is 0 Å². The minimum atomic E-state index is -0.838. The predicted molar refractivity (Wildman–Crippen MR) is 75.4 cm³/mol. The van der Waals surface area contributed by atoms with E-state index in [1.807, 2.05) is 0 Å². The number of benzene rings is 1. The van der Waals surface area contributed by atoms with Crippen LogP contribution in [0.15, 0.2) is 22.7 Å². The molecular weight excluding hydrogens is 334 g/mol. The first-order valence-corrected chi connectivity index (χ1v) is 7.13. The van der Waals surface area contributed by atoms with Crippen molar-refractivity contribution in [2.24, 2.45) is 5.92 Å². The second kappa shape index (κ2) is 5.92. The smallest absolute Gasteiger partial charge is 0.308 e. The maximum atomic E-state index is 12.3. The fourth-order valence-electron chi connectivity index (χ4n) is 2.17. The molecule has 2 rings (SSSR count). The maximum absolute atomic E-state index is 12.3. The first-order valence-electron chi connectivity index (χ1n) is 5.96. The number of carbonyl (C=O) groups is 2. The van der Waals surface area contributed by atoms with Crippen molar-refractivity contribution in [1.82, 2.24) is 4.90 Å². The summed E-state index contributed by atoms with van der Waals surface area (Å²) < 4.78 is 0.659. The number of aliphatic carboxylic acids is 1. The molecule has 4 nitrogen and oxygen atoms in total. The summed E-state index contributed by atoms with van der Waals surface area (Å²) in [7, 11) is 0. The van der Waals surface area contributed by atoms with E-state index in [1.54, 1.807) is 23.1 Å². The Bertz CT molecular complexity index is 521. The number of hydrogen-bond acceptors (Lipinski definition) is 2. The second-order valence-corrected chi connectivity index (χ2v) is 5.82. The van der Waals surface area contributed by atoms with Crippen LogP contribution in [0.1, 0.15) is 23.2 Å². The molecule has 19 heavy (non-hydrogen) atoms. The fourth-order valence-corrected chi connectivity index (χ4v) is 2.67. The lowest BCUT2D eigenvalue weighted by Crippen LogP contribution is -2.42. The van der Waals surface area contributed by atoms with Gasteiger partial charge >= 0.3 is 5.97 Å². The number of carbonyl (C=O) groups excluding carboxylic acids is 1. The lowest BCUT2D eigenvalue weighted by atomic mass is 9.97. The van der Waals surface area contributed by atoms with E-state index in [0.717, 1.165) is 6.42 Å². The Hall–Kier alpha value is -1.07. The molecule has 0 radical (unpaired) electrons. The van der Waals surface area contributed by atoms with Crippen molar-refractivity contribution in [2.75, 3.05) is 13.1 Å². The topological polar surface area (TPSA) is 57.6 Å². The fraction of sp³-hybridized carbons (Fsp3) is 0.385. The van der Waals surface area contributed by atoms with Crippen molar-refractivity contribution in [3.05, 3.63) is 33.3 Å². The molecule has 1 saturated heterocycles. The van der Waals surface area contributed by atoms with Crippen LogP contribution in [-0.4, -0.2) is 35.0 Å². The molecule has 1 aromatic carbocycles. The zero-order chi connectivity index (χ0) is 14.0. The third-order valence-electron chi connectivity index (χ3n) is 3.22. The lowest BCUT2D eigenvalue weighted by Gasteiger charge is -2.30. The molecule has 1 amide bonds. The highest BCUT2D eigenvalue weighted by molar-refractivity contribution is 9.10. The summed E-state index contributed by atoms with van der Waals surface area (Å²) in [5, 5.41) is 9.57.